The van der Waals surface area contributed by atoms with Crippen LogP contribution in [0.2, 0.25) is 0 Å². The van der Waals surface area contributed by atoms with Crippen LogP contribution in [0.5, 0.6) is 0 Å². The Morgan fingerprint density at radius 1 is 1.63 bits per heavy atom. The third-order valence-corrected chi connectivity index (χ3v) is 3.69. The summed E-state index contributed by atoms with van der Waals surface area (Å²) in [5.74, 6) is 2.23. The van der Waals surface area contributed by atoms with Gasteiger partial charge >= 0.3 is 0 Å². The Hall–Kier alpha value is -2.04. The van der Waals surface area contributed by atoms with Gasteiger partial charge in [0.1, 0.15) is 11.6 Å². The maximum Gasteiger partial charge on any atom is 0.254 e. The lowest BCUT2D eigenvalue weighted by atomic mass is 9.99. The molecule has 0 saturated heterocycles. The molecule has 1 amide bonds. The number of furan rings is 1. The van der Waals surface area contributed by atoms with Crippen molar-refractivity contribution in [1.29, 1.82) is 0 Å². The molecule has 0 aromatic carbocycles. The van der Waals surface area contributed by atoms with Crippen molar-refractivity contribution in [2.75, 3.05) is 6.54 Å². The summed E-state index contributed by atoms with van der Waals surface area (Å²) in [4.78, 5) is 16.3. The fraction of sp³-hybridized carbons (Fsp3) is 0.429. The summed E-state index contributed by atoms with van der Waals surface area (Å²) in [5.41, 5.74) is 0.624. The maximum atomic E-state index is 12.0. The molecule has 3 rings (SSSR count). The average Bonchev–Trinajstić information content (AvgIpc) is 3.03. The molecule has 0 fully saturated rings. The van der Waals surface area contributed by atoms with E-state index in [0.29, 0.717) is 23.8 Å². The molecule has 1 atom stereocenters. The zero-order valence-corrected chi connectivity index (χ0v) is 10.9. The average molecular weight is 259 g/mol. The van der Waals surface area contributed by atoms with Gasteiger partial charge in [-0.15, -0.1) is 0 Å². The highest BCUT2D eigenvalue weighted by molar-refractivity contribution is 5.95. The van der Waals surface area contributed by atoms with E-state index in [1.807, 2.05) is 12.4 Å². The second-order valence-electron chi connectivity index (χ2n) is 5.00. The summed E-state index contributed by atoms with van der Waals surface area (Å²) in [6.45, 7) is 3.42. The van der Waals surface area contributed by atoms with E-state index in [9.17, 15) is 4.79 Å². The molecule has 0 bridgehead atoms. The van der Waals surface area contributed by atoms with Crippen molar-refractivity contribution in [3.8, 4) is 0 Å². The van der Waals surface area contributed by atoms with Crippen molar-refractivity contribution in [1.82, 2.24) is 14.9 Å². The molecule has 2 aromatic heterocycles. The molecule has 5 heteroatoms. The molecule has 1 aliphatic heterocycles. The second-order valence-corrected chi connectivity index (χ2v) is 5.00. The number of amides is 1. The highest BCUT2D eigenvalue weighted by Crippen LogP contribution is 2.18. The standard InChI is InChI=1S/C14H17N3O2/c1-10-12(4-7-19-10)14(18)16-8-11-2-3-13-15-5-6-17(13)9-11/h4-7,11H,2-3,8-9H2,1H3,(H,16,18). The molecule has 0 radical (unpaired) electrons. The molecule has 1 aliphatic rings. The van der Waals surface area contributed by atoms with E-state index in [4.69, 9.17) is 4.42 Å². The van der Waals surface area contributed by atoms with Gasteiger partial charge in [0.2, 0.25) is 0 Å². The van der Waals surface area contributed by atoms with Gasteiger partial charge in [0.05, 0.1) is 11.8 Å². The highest BCUT2D eigenvalue weighted by atomic mass is 16.3. The minimum Gasteiger partial charge on any atom is -0.469 e. The number of nitrogens with zero attached hydrogens (tertiary/aromatic N) is 2. The van der Waals surface area contributed by atoms with E-state index in [0.717, 1.165) is 25.2 Å². The summed E-state index contributed by atoms with van der Waals surface area (Å²) in [5, 5.41) is 2.99. The molecule has 3 heterocycles. The van der Waals surface area contributed by atoms with Gasteiger partial charge in [-0.1, -0.05) is 0 Å². The fourth-order valence-electron chi connectivity index (χ4n) is 2.56. The Morgan fingerprint density at radius 3 is 3.32 bits per heavy atom. The second kappa shape index (κ2) is 4.91. The molecule has 1 N–H and O–H groups in total. The number of hydrogen-bond donors (Lipinski definition) is 1. The summed E-state index contributed by atoms with van der Waals surface area (Å²) in [7, 11) is 0. The van der Waals surface area contributed by atoms with Gasteiger partial charge in [-0.3, -0.25) is 4.79 Å². The van der Waals surface area contributed by atoms with Crippen molar-refractivity contribution >= 4 is 5.91 Å². The zero-order chi connectivity index (χ0) is 13.2. The summed E-state index contributed by atoms with van der Waals surface area (Å²) in [6, 6.07) is 1.71. The minimum absolute atomic E-state index is 0.0531. The summed E-state index contributed by atoms with van der Waals surface area (Å²) >= 11 is 0. The molecule has 100 valence electrons. The summed E-state index contributed by atoms with van der Waals surface area (Å²) < 4.78 is 7.31. The van der Waals surface area contributed by atoms with Crippen LogP contribution in [-0.4, -0.2) is 22.0 Å². The van der Waals surface area contributed by atoms with Crippen molar-refractivity contribution in [3.63, 3.8) is 0 Å². The van der Waals surface area contributed by atoms with E-state index in [1.165, 1.54) is 0 Å². The van der Waals surface area contributed by atoms with Crippen LogP contribution in [0, 0.1) is 12.8 Å². The van der Waals surface area contributed by atoms with Gasteiger partial charge < -0.3 is 14.3 Å². The predicted octanol–water partition coefficient (Wildman–Crippen LogP) is 1.78. The molecule has 1 unspecified atom stereocenters. The molecule has 0 aliphatic carbocycles. The molecule has 0 saturated carbocycles. The summed E-state index contributed by atoms with van der Waals surface area (Å²) in [6.07, 6.45) is 7.44. The first-order valence-electron chi connectivity index (χ1n) is 6.56. The van der Waals surface area contributed by atoms with Crippen LogP contribution in [0.25, 0.3) is 0 Å². The zero-order valence-electron chi connectivity index (χ0n) is 10.9. The smallest absolute Gasteiger partial charge is 0.254 e. The number of carbonyl (C=O) groups is 1. The number of rotatable bonds is 3. The van der Waals surface area contributed by atoms with Crippen LogP contribution < -0.4 is 5.32 Å². The molecular formula is C14H17N3O2. The lowest BCUT2D eigenvalue weighted by Gasteiger charge is -2.23. The fourth-order valence-corrected chi connectivity index (χ4v) is 2.56. The predicted molar refractivity (Wildman–Crippen MR) is 69.8 cm³/mol. The minimum atomic E-state index is -0.0531. The highest BCUT2D eigenvalue weighted by Gasteiger charge is 2.20. The molecular weight excluding hydrogens is 242 g/mol. The Morgan fingerprint density at radius 2 is 2.53 bits per heavy atom. The Labute approximate surface area is 111 Å². The van der Waals surface area contributed by atoms with E-state index < -0.39 is 0 Å². The van der Waals surface area contributed by atoms with Gasteiger partial charge in [0, 0.05) is 31.9 Å². The molecule has 19 heavy (non-hydrogen) atoms. The van der Waals surface area contributed by atoms with Crippen molar-refractivity contribution in [2.45, 2.75) is 26.3 Å². The first kappa shape index (κ1) is 12.0. The molecule has 5 nitrogen and oxygen atoms in total. The number of nitrogens with one attached hydrogen (secondary N) is 1. The maximum absolute atomic E-state index is 12.0. The normalized spacial score (nSPS) is 18.1. The van der Waals surface area contributed by atoms with Gasteiger partial charge in [0.15, 0.2) is 0 Å². The third kappa shape index (κ3) is 2.41. The quantitative estimate of drug-likeness (QED) is 0.914. The van der Waals surface area contributed by atoms with E-state index in [1.54, 1.807) is 19.3 Å². The topological polar surface area (TPSA) is 60.1 Å². The van der Waals surface area contributed by atoms with Gasteiger partial charge in [-0.25, -0.2) is 4.98 Å². The Kier molecular flexibility index (Phi) is 3.11. The van der Waals surface area contributed by atoms with Crippen LogP contribution in [0.3, 0.4) is 0 Å². The van der Waals surface area contributed by atoms with Crippen LogP contribution in [-0.2, 0) is 13.0 Å². The van der Waals surface area contributed by atoms with Crippen molar-refractivity contribution < 1.29 is 9.21 Å². The third-order valence-electron chi connectivity index (χ3n) is 3.69. The lowest BCUT2D eigenvalue weighted by Crippen LogP contribution is -2.33. The number of aromatic nitrogens is 2. The number of hydrogen-bond acceptors (Lipinski definition) is 3. The first-order valence-corrected chi connectivity index (χ1v) is 6.56. The van der Waals surface area contributed by atoms with Crippen LogP contribution in [0.15, 0.2) is 29.1 Å². The van der Waals surface area contributed by atoms with Crippen molar-refractivity contribution in [2.24, 2.45) is 5.92 Å². The van der Waals surface area contributed by atoms with Crippen LogP contribution in [0.1, 0.15) is 28.4 Å². The molecule has 0 spiro atoms. The van der Waals surface area contributed by atoms with Crippen LogP contribution in [0.4, 0.5) is 0 Å². The van der Waals surface area contributed by atoms with E-state index in [-0.39, 0.29) is 5.91 Å². The van der Waals surface area contributed by atoms with Crippen molar-refractivity contribution in [3.05, 3.63) is 41.9 Å². The molecule has 2 aromatic rings. The van der Waals surface area contributed by atoms with E-state index in [2.05, 4.69) is 14.9 Å². The van der Waals surface area contributed by atoms with Gasteiger partial charge in [-0.05, 0) is 25.3 Å². The SMILES string of the molecule is Cc1occc1C(=O)NCC1CCc2nccn2C1. The number of carbonyl (C=O) groups excluding carboxylic acids is 1. The first-order chi connectivity index (χ1) is 9.24. The lowest BCUT2D eigenvalue weighted by molar-refractivity contribution is 0.0942. The number of aryl methyl sites for hydroxylation is 2. The van der Waals surface area contributed by atoms with Gasteiger partial charge in [-0.2, -0.15) is 0 Å². The number of fused-ring (bicyclic) bond motifs is 1. The Bertz CT molecular complexity index is 585. The number of imidazole rings is 1. The Balaban J connectivity index is 1.56. The van der Waals surface area contributed by atoms with E-state index >= 15 is 0 Å². The van der Waals surface area contributed by atoms with Crippen LogP contribution >= 0.6 is 0 Å². The van der Waals surface area contributed by atoms with Gasteiger partial charge in [0.25, 0.3) is 5.91 Å². The largest absolute Gasteiger partial charge is 0.469 e. The monoisotopic (exact) mass is 259 g/mol.